The van der Waals surface area contributed by atoms with Crippen LogP contribution in [0.2, 0.25) is 0 Å². The van der Waals surface area contributed by atoms with Gasteiger partial charge in [0.2, 0.25) is 12.2 Å². The molecular weight excluding hydrogens is 406 g/mol. The van der Waals surface area contributed by atoms with Gasteiger partial charge in [0.05, 0.1) is 7.11 Å². The van der Waals surface area contributed by atoms with Crippen LogP contribution in [-0.2, 0) is 17.8 Å². The largest absolute Gasteiger partial charge is 0.497 e. The van der Waals surface area contributed by atoms with Gasteiger partial charge in [-0.25, -0.2) is 9.78 Å². The second-order valence-electron chi connectivity index (χ2n) is 7.51. The molecule has 3 rings (SSSR count). The number of anilines is 1. The molecule has 168 valence electrons. The molecule has 0 N–H and O–H groups in total. The quantitative estimate of drug-likeness (QED) is 0.453. The summed E-state index contributed by atoms with van der Waals surface area (Å²) < 4.78 is 16.5. The number of hydrogen-bond donors (Lipinski definition) is 0. The maximum Gasteiger partial charge on any atom is 0.413 e. The first kappa shape index (κ1) is 22.9. The maximum absolute atomic E-state index is 13.0. The van der Waals surface area contributed by atoms with E-state index in [1.165, 1.54) is 0 Å². The van der Waals surface area contributed by atoms with Crippen LogP contribution in [0.25, 0.3) is 0 Å². The van der Waals surface area contributed by atoms with E-state index >= 15 is 0 Å². The standard InChI is InChI=1S/C25H29N3O4/c1-19(31-24-10-5-6-15-26-24)32-25(29)28(18-21-8-7-9-23(16-21)30-4)17-20-11-13-22(14-12-20)27(2)3/h5-16,19H,17-18H2,1-4H3. The summed E-state index contributed by atoms with van der Waals surface area (Å²) in [4.78, 5) is 20.8. The Morgan fingerprint density at radius 3 is 2.38 bits per heavy atom. The van der Waals surface area contributed by atoms with E-state index in [2.05, 4.69) is 4.98 Å². The summed E-state index contributed by atoms with van der Waals surface area (Å²) >= 11 is 0. The highest BCUT2D eigenvalue weighted by atomic mass is 16.7. The summed E-state index contributed by atoms with van der Waals surface area (Å²) in [6.45, 7) is 2.42. The van der Waals surface area contributed by atoms with Crippen molar-refractivity contribution in [2.24, 2.45) is 0 Å². The van der Waals surface area contributed by atoms with Crippen molar-refractivity contribution in [2.45, 2.75) is 26.3 Å². The predicted molar refractivity (Wildman–Crippen MR) is 124 cm³/mol. The van der Waals surface area contributed by atoms with Gasteiger partial charge in [0.1, 0.15) is 5.75 Å². The fraction of sp³-hybridized carbons (Fsp3) is 0.280. The molecular formula is C25H29N3O4. The van der Waals surface area contributed by atoms with E-state index in [1.807, 2.05) is 73.6 Å². The van der Waals surface area contributed by atoms with E-state index in [9.17, 15) is 4.79 Å². The lowest BCUT2D eigenvalue weighted by atomic mass is 10.1. The van der Waals surface area contributed by atoms with E-state index in [4.69, 9.17) is 14.2 Å². The number of ether oxygens (including phenoxy) is 3. The smallest absolute Gasteiger partial charge is 0.413 e. The molecule has 0 spiro atoms. The number of rotatable bonds is 9. The van der Waals surface area contributed by atoms with Gasteiger partial charge in [-0.15, -0.1) is 0 Å². The van der Waals surface area contributed by atoms with Gasteiger partial charge < -0.3 is 19.1 Å². The van der Waals surface area contributed by atoms with E-state index in [0.717, 1.165) is 22.6 Å². The summed E-state index contributed by atoms with van der Waals surface area (Å²) in [7, 11) is 5.60. The molecule has 1 atom stereocenters. The summed E-state index contributed by atoms with van der Waals surface area (Å²) in [5.41, 5.74) is 3.02. The molecule has 1 aromatic heterocycles. The van der Waals surface area contributed by atoms with Gasteiger partial charge in [0, 0.05) is 52.1 Å². The number of aromatic nitrogens is 1. The molecule has 0 fully saturated rings. The highest BCUT2D eigenvalue weighted by Gasteiger charge is 2.20. The van der Waals surface area contributed by atoms with E-state index in [-0.39, 0.29) is 0 Å². The summed E-state index contributed by atoms with van der Waals surface area (Å²) in [6.07, 6.45) is 0.352. The van der Waals surface area contributed by atoms with Crippen LogP contribution in [0, 0.1) is 0 Å². The predicted octanol–water partition coefficient (Wildman–Crippen LogP) is 4.72. The van der Waals surface area contributed by atoms with Gasteiger partial charge in [-0.05, 0) is 41.5 Å². The Labute approximate surface area is 189 Å². The molecule has 7 nitrogen and oxygen atoms in total. The molecule has 0 saturated heterocycles. The van der Waals surface area contributed by atoms with Crippen molar-refractivity contribution < 1.29 is 19.0 Å². The van der Waals surface area contributed by atoms with Crippen molar-refractivity contribution in [3.63, 3.8) is 0 Å². The van der Waals surface area contributed by atoms with Crippen molar-refractivity contribution >= 4 is 11.8 Å². The summed E-state index contributed by atoms with van der Waals surface area (Å²) in [6, 6.07) is 21.0. The number of carbonyl (C=O) groups is 1. The molecule has 0 aliphatic heterocycles. The average molecular weight is 436 g/mol. The molecule has 32 heavy (non-hydrogen) atoms. The molecule has 2 aromatic carbocycles. The normalized spacial score (nSPS) is 11.4. The Hall–Kier alpha value is -3.74. The molecule has 0 bridgehead atoms. The lowest BCUT2D eigenvalue weighted by Crippen LogP contribution is -2.34. The number of hydrogen-bond acceptors (Lipinski definition) is 6. The number of methoxy groups -OCH3 is 1. The second kappa shape index (κ2) is 11.0. The molecule has 3 aromatic rings. The van der Waals surface area contributed by atoms with Gasteiger partial charge >= 0.3 is 6.09 Å². The first-order valence-corrected chi connectivity index (χ1v) is 10.4. The van der Waals surface area contributed by atoms with E-state index in [0.29, 0.717) is 19.0 Å². The fourth-order valence-corrected chi connectivity index (χ4v) is 3.12. The van der Waals surface area contributed by atoms with Gasteiger partial charge in [0.25, 0.3) is 0 Å². The third-order valence-corrected chi connectivity index (χ3v) is 4.78. The van der Waals surface area contributed by atoms with E-state index in [1.54, 1.807) is 37.3 Å². The van der Waals surface area contributed by atoms with Crippen LogP contribution >= 0.6 is 0 Å². The van der Waals surface area contributed by atoms with Gasteiger partial charge in [0.15, 0.2) is 0 Å². The summed E-state index contributed by atoms with van der Waals surface area (Å²) in [5, 5.41) is 0. The van der Waals surface area contributed by atoms with Gasteiger partial charge in [-0.2, -0.15) is 0 Å². The molecule has 1 unspecified atom stereocenters. The minimum Gasteiger partial charge on any atom is -0.497 e. The molecule has 1 heterocycles. The fourth-order valence-electron chi connectivity index (χ4n) is 3.12. The van der Waals surface area contributed by atoms with Crippen LogP contribution in [0.3, 0.4) is 0 Å². The van der Waals surface area contributed by atoms with Crippen LogP contribution in [0.1, 0.15) is 18.1 Å². The number of nitrogens with zero attached hydrogens (tertiary/aromatic N) is 3. The van der Waals surface area contributed by atoms with Crippen molar-refractivity contribution in [3.05, 3.63) is 84.1 Å². The van der Waals surface area contributed by atoms with Crippen molar-refractivity contribution in [2.75, 3.05) is 26.1 Å². The Kier molecular flexibility index (Phi) is 7.91. The van der Waals surface area contributed by atoms with Crippen LogP contribution < -0.4 is 14.4 Å². The van der Waals surface area contributed by atoms with Crippen LogP contribution in [0.4, 0.5) is 10.5 Å². The van der Waals surface area contributed by atoms with Crippen molar-refractivity contribution in [1.82, 2.24) is 9.88 Å². The maximum atomic E-state index is 13.0. The molecule has 0 aliphatic rings. The molecule has 1 amide bonds. The third kappa shape index (κ3) is 6.63. The highest BCUT2D eigenvalue weighted by molar-refractivity contribution is 5.68. The Balaban J connectivity index is 1.74. The third-order valence-electron chi connectivity index (χ3n) is 4.78. The first-order chi connectivity index (χ1) is 15.4. The SMILES string of the molecule is COc1cccc(CN(Cc2ccc(N(C)C)cc2)C(=O)OC(C)Oc2ccccn2)c1. The highest BCUT2D eigenvalue weighted by Crippen LogP contribution is 2.19. The van der Waals surface area contributed by atoms with Gasteiger partial charge in [-0.1, -0.05) is 30.3 Å². The van der Waals surface area contributed by atoms with Crippen LogP contribution in [0.15, 0.2) is 72.9 Å². The molecule has 7 heteroatoms. The monoisotopic (exact) mass is 435 g/mol. The number of carbonyl (C=O) groups excluding carboxylic acids is 1. The molecule has 0 radical (unpaired) electrons. The van der Waals surface area contributed by atoms with Crippen LogP contribution in [0.5, 0.6) is 11.6 Å². The minimum atomic E-state index is -0.790. The zero-order valence-corrected chi connectivity index (χ0v) is 18.9. The zero-order valence-electron chi connectivity index (χ0n) is 18.9. The topological polar surface area (TPSA) is 64.1 Å². The lowest BCUT2D eigenvalue weighted by molar-refractivity contribution is -0.0376. The zero-order chi connectivity index (χ0) is 22.9. The first-order valence-electron chi connectivity index (χ1n) is 10.4. The number of amides is 1. The average Bonchev–Trinajstić information content (AvgIpc) is 2.79. The van der Waals surface area contributed by atoms with Crippen molar-refractivity contribution in [1.29, 1.82) is 0 Å². The van der Waals surface area contributed by atoms with Crippen LogP contribution in [-0.4, -0.2) is 43.5 Å². The Bertz CT molecular complexity index is 994. The van der Waals surface area contributed by atoms with Crippen molar-refractivity contribution in [3.8, 4) is 11.6 Å². The molecule has 0 aliphatic carbocycles. The van der Waals surface area contributed by atoms with Gasteiger partial charge in [-0.3, -0.25) is 4.90 Å². The Morgan fingerprint density at radius 2 is 1.72 bits per heavy atom. The lowest BCUT2D eigenvalue weighted by Gasteiger charge is -2.25. The number of pyridine rings is 1. The summed E-state index contributed by atoms with van der Waals surface area (Å²) in [5.74, 6) is 1.13. The Morgan fingerprint density at radius 1 is 0.969 bits per heavy atom. The second-order valence-corrected chi connectivity index (χ2v) is 7.51. The number of benzene rings is 2. The van der Waals surface area contributed by atoms with E-state index < -0.39 is 12.4 Å². The minimum absolute atomic E-state index is 0.363. The molecule has 0 saturated carbocycles.